The summed E-state index contributed by atoms with van der Waals surface area (Å²) in [5, 5.41) is 8.03. The molecule has 0 unspecified atom stereocenters. The van der Waals surface area contributed by atoms with Gasteiger partial charge in [0, 0.05) is 28.8 Å². The zero-order valence-electron chi connectivity index (χ0n) is 18.2. The third-order valence-corrected chi connectivity index (χ3v) is 5.17. The number of anilines is 2. The molecule has 0 heterocycles. The van der Waals surface area contributed by atoms with E-state index in [-0.39, 0.29) is 10.4 Å². The molecule has 0 aliphatic heterocycles. The molecule has 3 rings (SSSR count). The third kappa shape index (κ3) is 7.63. The van der Waals surface area contributed by atoms with Crippen LogP contribution < -0.4 is 10.6 Å². The van der Waals surface area contributed by atoms with E-state index in [4.69, 9.17) is 12.6 Å². The second-order valence-corrected chi connectivity index (χ2v) is 10.1. The maximum Gasteiger partial charge on any atom is 0.425 e. The predicted molar refractivity (Wildman–Crippen MR) is 125 cm³/mol. The van der Waals surface area contributed by atoms with E-state index in [1.165, 1.54) is 6.07 Å². The molecule has 0 spiro atoms. The highest BCUT2D eigenvalue weighted by atomic mass is 32.2. The molecule has 32 heavy (non-hydrogen) atoms. The third-order valence-electron chi connectivity index (χ3n) is 4.29. The number of aryl methyl sites for hydroxylation is 1. The van der Waals surface area contributed by atoms with E-state index in [0.717, 1.165) is 22.2 Å². The molecule has 0 radical (unpaired) electrons. The van der Waals surface area contributed by atoms with Crippen molar-refractivity contribution in [3.8, 4) is 0 Å². The minimum absolute atomic E-state index is 0.0378. The van der Waals surface area contributed by atoms with Gasteiger partial charge in [-0.1, -0.05) is 30.3 Å². The van der Waals surface area contributed by atoms with E-state index in [1.54, 1.807) is 0 Å². The Morgan fingerprint density at radius 3 is 2.19 bits per heavy atom. The van der Waals surface area contributed by atoms with Crippen molar-refractivity contribution >= 4 is 42.9 Å². The molecular weight excluding hydrogens is 452 g/mol. The summed E-state index contributed by atoms with van der Waals surface area (Å²) in [6.45, 7) is 8.64. The largest absolute Gasteiger partial charge is 0.425 e. The molecule has 0 aliphatic rings. The Kier molecular flexibility index (Phi) is 8.00. The first-order valence-electron chi connectivity index (χ1n) is 9.65. The van der Waals surface area contributed by atoms with Crippen LogP contribution in [0.4, 0.5) is 11.4 Å². The van der Waals surface area contributed by atoms with E-state index in [0.29, 0.717) is 17.6 Å². The van der Waals surface area contributed by atoms with Crippen molar-refractivity contribution in [2.45, 2.75) is 44.7 Å². The number of hydrogen-bond acceptors (Lipinski definition) is 7. The van der Waals surface area contributed by atoms with Gasteiger partial charge in [-0.25, -0.2) is 0 Å². The molecular formula is C22H26N2O6S2. The summed E-state index contributed by atoms with van der Waals surface area (Å²) in [7, 11) is -7.45. The Labute approximate surface area is 189 Å². The van der Waals surface area contributed by atoms with Crippen LogP contribution in [-0.2, 0) is 27.3 Å². The van der Waals surface area contributed by atoms with Crippen LogP contribution in [0.5, 0.6) is 0 Å². The van der Waals surface area contributed by atoms with E-state index in [2.05, 4.69) is 37.5 Å². The average molecular weight is 479 g/mol. The molecule has 3 N–H and O–H groups in total. The fourth-order valence-electron chi connectivity index (χ4n) is 3.27. The smallest absolute Gasteiger partial charge is 0.380 e. The first-order chi connectivity index (χ1) is 14.8. The van der Waals surface area contributed by atoms with Crippen molar-refractivity contribution < 1.29 is 25.6 Å². The second kappa shape index (κ2) is 10.1. The maximum absolute atomic E-state index is 11.9. The van der Waals surface area contributed by atoms with Crippen molar-refractivity contribution in [1.82, 2.24) is 0 Å². The van der Waals surface area contributed by atoms with E-state index >= 15 is 0 Å². The molecule has 3 aromatic carbocycles. The van der Waals surface area contributed by atoms with Crippen LogP contribution >= 0.6 is 0 Å². The number of fused-ring (bicyclic) bond motifs is 1. The summed E-state index contributed by atoms with van der Waals surface area (Å²) in [5.41, 5.74) is 3.49. The lowest BCUT2D eigenvalue weighted by atomic mass is 10.1. The molecule has 0 aliphatic carbocycles. The van der Waals surface area contributed by atoms with Gasteiger partial charge in [-0.15, -0.1) is 12.6 Å². The lowest BCUT2D eigenvalue weighted by Gasteiger charge is -2.22. The Morgan fingerprint density at radius 1 is 0.969 bits per heavy atom. The van der Waals surface area contributed by atoms with Gasteiger partial charge in [-0.05, 0) is 68.5 Å². The van der Waals surface area contributed by atoms with Crippen LogP contribution in [0.1, 0.15) is 31.9 Å². The van der Waals surface area contributed by atoms with Crippen molar-refractivity contribution in [3.05, 3.63) is 65.7 Å². The summed E-state index contributed by atoms with van der Waals surface area (Å²) in [5.74, 6) is 0. The highest BCUT2D eigenvalue weighted by molar-refractivity contribution is 7.86. The molecule has 0 aromatic heterocycles. The van der Waals surface area contributed by atoms with Gasteiger partial charge >= 0.3 is 10.6 Å². The van der Waals surface area contributed by atoms with Gasteiger partial charge in [-0.3, -0.25) is 4.55 Å². The van der Waals surface area contributed by atoms with Gasteiger partial charge in [0.05, 0.1) is 0 Å². The molecule has 172 valence electrons. The minimum Gasteiger partial charge on any atom is -0.380 e. The normalized spacial score (nSPS) is 11.4. The van der Waals surface area contributed by atoms with Crippen LogP contribution in [0.3, 0.4) is 0 Å². The Bertz CT molecular complexity index is 1320. The Hall–Kier alpha value is -2.95. The van der Waals surface area contributed by atoms with Crippen LogP contribution in [-0.4, -0.2) is 31.1 Å². The number of nitrogens with one attached hydrogen (secondary N) is 2. The number of hydrogen-bond donors (Lipinski definition) is 3. The van der Waals surface area contributed by atoms with Gasteiger partial charge < -0.3 is 10.6 Å². The lowest BCUT2D eigenvalue weighted by Crippen LogP contribution is -2.26. The van der Waals surface area contributed by atoms with Crippen LogP contribution in [0.2, 0.25) is 0 Å². The molecule has 0 atom stereocenters. The summed E-state index contributed by atoms with van der Waals surface area (Å²) in [6, 6.07) is 17.0. The Balaban J connectivity index is 0.000000837. The lowest BCUT2D eigenvalue weighted by molar-refractivity contribution is 0.484. The minimum atomic E-state index is -4.33. The summed E-state index contributed by atoms with van der Waals surface area (Å²) < 4.78 is 58.9. The monoisotopic (exact) mass is 478 g/mol. The summed E-state index contributed by atoms with van der Waals surface area (Å²) in [6.07, 6.45) is 0. The molecule has 3 aromatic rings. The quantitative estimate of drug-likeness (QED) is 0.465. The van der Waals surface area contributed by atoms with Crippen molar-refractivity contribution in [3.63, 3.8) is 0 Å². The van der Waals surface area contributed by atoms with Gasteiger partial charge in [0.1, 0.15) is 4.90 Å². The SMILES string of the molecule is Cc1cc(S(=O)(=O)O)c2c(NCc3cccc(NC(C)(C)C)c3)cccc2c1.O=S(=O)=O. The molecule has 0 fully saturated rings. The first kappa shape index (κ1) is 25.3. The predicted octanol–water partition coefficient (Wildman–Crippen LogP) is 4.21. The molecule has 0 saturated heterocycles. The molecule has 10 heteroatoms. The van der Waals surface area contributed by atoms with Gasteiger partial charge in [0.2, 0.25) is 0 Å². The highest BCUT2D eigenvalue weighted by Crippen LogP contribution is 2.32. The van der Waals surface area contributed by atoms with Crippen LogP contribution in [0.15, 0.2) is 59.5 Å². The Morgan fingerprint density at radius 2 is 1.59 bits per heavy atom. The highest BCUT2D eigenvalue weighted by Gasteiger charge is 2.17. The van der Waals surface area contributed by atoms with Crippen molar-refractivity contribution in [2.75, 3.05) is 10.6 Å². The fraction of sp³-hybridized carbons (Fsp3) is 0.273. The first-order valence-corrected chi connectivity index (χ1v) is 12.1. The summed E-state index contributed by atoms with van der Waals surface area (Å²) >= 11 is 0. The van der Waals surface area contributed by atoms with E-state index < -0.39 is 20.7 Å². The van der Waals surface area contributed by atoms with Gasteiger partial charge in [0.25, 0.3) is 10.1 Å². The molecule has 8 nitrogen and oxygen atoms in total. The van der Waals surface area contributed by atoms with Crippen LogP contribution in [0, 0.1) is 6.92 Å². The van der Waals surface area contributed by atoms with Gasteiger partial charge in [0.15, 0.2) is 0 Å². The second-order valence-electron chi connectivity index (χ2n) is 8.27. The molecule has 0 saturated carbocycles. The topological polar surface area (TPSA) is 130 Å². The van der Waals surface area contributed by atoms with E-state index in [9.17, 15) is 13.0 Å². The number of benzene rings is 3. The van der Waals surface area contributed by atoms with Crippen molar-refractivity contribution in [1.29, 1.82) is 0 Å². The fourth-order valence-corrected chi connectivity index (χ4v) is 4.09. The maximum atomic E-state index is 11.9. The van der Waals surface area contributed by atoms with Crippen LogP contribution in [0.25, 0.3) is 10.8 Å². The number of rotatable bonds is 5. The zero-order chi connectivity index (χ0) is 24.1. The standard InChI is InChI=1S/C22H26N2O3S.O3S/c1-15-11-17-8-6-10-19(21(17)20(12-15)28(25,26)27)23-14-16-7-5-9-18(13-16)24-22(2,3)4;1-4(2)3/h5-13,23-24H,14H2,1-4H3,(H,25,26,27);. The molecule has 0 bridgehead atoms. The zero-order valence-corrected chi connectivity index (χ0v) is 19.8. The van der Waals surface area contributed by atoms with E-state index in [1.807, 2.05) is 49.4 Å². The molecule has 0 amide bonds. The van der Waals surface area contributed by atoms with Crippen molar-refractivity contribution in [2.24, 2.45) is 0 Å². The summed E-state index contributed by atoms with van der Waals surface area (Å²) in [4.78, 5) is -0.0752. The average Bonchev–Trinajstić information content (AvgIpc) is 2.63. The van der Waals surface area contributed by atoms with Gasteiger partial charge in [-0.2, -0.15) is 8.42 Å².